The standard InChI is InChI=1S/C22H30N8/c1-16-7-5-6-8-19(16)9-10-20(24-18(3)25-21-15-17(2)27-28-21)26-22(23)30-13-11-29(4)12-14-30/h5-10,15H,11-14H2,1-4H3,(H3,23,24,25,26,27,28)/b10-9+. The molecule has 2 aromatic rings. The van der Waals surface area contributed by atoms with Crippen LogP contribution in [0.3, 0.4) is 0 Å². The number of piperazine rings is 1. The Morgan fingerprint density at radius 3 is 2.53 bits per heavy atom. The third-order valence-electron chi connectivity index (χ3n) is 4.90. The van der Waals surface area contributed by atoms with Gasteiger partial charge >= 0.3 is 0 Å². The molecule has 8 nitrogen and oxygen atoms in total. The maximum Gasteiger partial charge on any atom is 0.198 e. The molecule has 3 N–H and O–H groups in total. The number of nitrogens with two attached hydrogens (primary N) is 1. The average molecular weight is 407 g/mol. The van der Waals surface area contributed by atoms with E-state index in [1.165, 1.54) is 5.56 Å². The first kappa shape index (κ1) is 21.4. The summed E-state index contributed by atoms with van der Waals surface area (Å²) in [5.41, 5.74) is 9.55. The predicted molar refractivity (Wildman–Crippen MR) is 124 cm³/mol. The van der Waals surface area contributed by atoms with Gasteiger partial charge in [-0.3, -0.25) is 5.10 Å². The van der Waals surface area contributed by atoms with Crippen molar-refractivity contribution in [2.45, 2.75) is 20.8 Å². The summed E-state index contributed by atoms with van der Waals surface area (Å²) in [4.78, 5) is 18.0. The summed E-state index contributed by atoms with van der Waals surface area (Å²) in [6, 6.07) is 10.0. The highest BCUT2D eigenvalue weighted by Gasteiger charge is 2.15. The Kier molecular flexibility index (Phi) is 7.13. The first-order valence-corrected chi connectivity index (χ1v) is 10.1. The fraction of sp³-hybridized carbons (Fsp3) is 0.364. The molecule has 158 valence electrons. The minimum Gasteiger partial charge on any atom is -0.369 e. The van der Waals surface area contributed by atoms with Gasteiger partial charge in [0.1, 0.15) is 5.84 Å². The fourth-order valence-electron chi connectivity index (χ4n) is 3.08. The van der Waals surface area contributed by atoms with Crippen molar-refractivity contribution in [1.29, 1.82) is 0 Å². The highest BCUT2D eigenvalue weighted by atomic mass is 15.3. The van der Waals surface area contributed by atoms with Crippen molar-refractivity contribution in [3.8, 4) is 0 Å². The summed E-state index contributed by atoms with van der Waals surface area (Å²) >= 11 is 0. The number of amidine groups is 2. The Labute approximate surface area is 177 Å². The van der Waals surface area contributed by atoms with E-state index in [0.717, 1.165) is 37.4 Å². The quantitative estimate of drug-likeness (QED) is 0.605. The molecule has 1 aliphatic rings. The van der Waals surface area contributed by atoms with Crippen molar-refractivity contribution in [2.24, 2.45) is 20.7 Å². The van der Waals surface area contributed by atoms with Gasteiger partial charge in [-0.05, 0) is 45.0 Å². The molecule has 0 saturated carbocycles. The van der Waals surface area contributed by atoms with E-state index < -0.39 is 0 Å². The number of aliphatic imine (C=N–C) groups is 3. The zero-order chi connectivity index (χ0) is 21.5. The molecule has 0 unspecified atom stereocenters. The lowest BCUT2D eigenvalue weighted by Gasteiger charge is -2.32. The van der Waals surface area contributed by atoms with Gasteiger partial charge in [-0.2, -0.15) is 10.1 Å². The normalized spacial score (nSPS) is 17.2. The van der Waals surface area contributed by atoms with E-state index in [2.05, 4.69) is 61.1 Å². The van der Waals surface area contributed by atoms with E-state index in [0.29, 0.717) is 23.4 Å². The monoisotopic (exact) mass is 406 g/mol. The lowest BCUT2D eigenvalue weighted by molar-refractivity contribution is 0.214. The zero-order valence-electron chi connectivity index (χ0n) is 18.1. The summed E-state index contributed by atoms with van der Waals surface area (Å²) in [7, 11) is 2.11. The number of rotatable bonds is 3. The van der Waals surface area contributed by atoms with Gasteiger partial charge in [0.15, 0.2) is 17.6 Å². The predicted octanol–water partition coefficient (Wildman–Crippen LogP) is 2.75. The largest absolute Gasteiger partial charge is 0.369 e. The van der Waals surface area contributed by atoms with Crippen LogP contribution >= 0.6 is 0 Å². The second-order valence-electron chi connectivity index (χ2n) is 7.49. The van der Waals surface area contributed by atoms with Crippen molar-refractivity contribution < 1.29 is 0 Å². The number of H-pyrrole nitrogens is 1. The first-order valence-electron chi connectivity index (χ1n) is 10.1. The highest BCUT2D eigenvalue weighted by Crippen LogP contribution is 2.11. The Bertz CT molecular complexity index is 975. The lowest BCUT2D eigenvalue weighted by Crippen LogP contribution is -2.50. The van der Waals surface area contributed by atoms with E-state index in [9.17, 15) is 0 Å². The molecule has 2 heterocycles. The molecule has 30 heavy (non-hydrogen) atoms. The number of aryl methyl sites for hydroxylation is 2. The number of hydrogen-bond donors (Lipinski definition) is 2. The summed E-state index contributed by atoms with van der Waals surface area (Å²) in [5, 5.41) is 7.02. The van der Waals surface area contributed by atoms with Crippen molar-refractivity contribution in [2.75, 3.05) is 33.2 Å². The Balaban J connectivity index is 1.88. The number of nitrogens with one attached hydrogen (secondary N) is 1. The lowest BCUT2D eigenvalue weighted by atomic mass is 10.1. The number of guanidine groups is 1. The Morgan fingerprint density at radius 1 is 1.13 bits per heavy atom. The van der Waals surface area contributed by atoms with Gasteiger partial charge in [-0.15, -0.1) is 0 Å². The molecule has 1 aliphatic heterocycles. The van der Waals surface area contributed by atoms with E-state index in [4.69, 9.17) is 5.73 Å². The van der Waals surface area contributed by atoms with Crippen molar-refractivity contribution >= 4 is 29.5 Å². The second-order valence-corrected chi connectivity index (χ2v) is 7.49. The number of hydrogen-bond acceptors (Lipinski definition) is 3. The van der Waals surface area contributed by atoms with Crippen LogP contribution in [-0.2, 0) is 0 Å². The molecule has 1 aromatic carbocycles. The number of aromatic nitrogens is 2. The molecule has 0 spiro atoms. The summed E-state index contributed by atoms with van der Waals surface area (Å²) in [6.45, 7) is 9.45. The van der Waals surface area contributed by atoms with Crippen LogP contribution in [0.15, 0.2) is 51.4 Å². The van der Waals surface area contributed by atoms with Gasteiger partial charge in [0, 0.05) is 37.9 Å². The van der Waals surface area contributed by atoms with Gasteiger partial charge in [0.25, 0.3) is 0 Å². The number of likely N-dealkylation sites (N-methyl/N-ethyl adjacent to an activating group) is 1. The van der Waals surface area contributed by atoms with Crippen LogP contribution in [0.1, 0.15) is 23.7 Å². The fourth-order valence-corrected chi connectivity index (χ4v) is 3.08. The third-order valence-corrected chi connectivity index (χ3v) is 4.90. The number of aromatic amines is 1. The molecule has 1 aromatic heterocycles. The highest BCUT2D eigenvalue weighted by molar-refractivity contribution is 6.09. The van der Waals surface area contributed by atoms with Crippen LogP contribution in [-0.4, -0.2) is 70.9 Å². The topological polar surface area (TPSA) is 98.3 Å². The molecule has 0 atom stereocenters. The van der Waals surface area contributed by atoms with E-state index in [-0.39, 0.29) is 0 Å². The Hall–Kier alpha value is -3.26. The molecular weight excluding hydrogens is 376 g/mol. The van der Waals surface area contributed by atoms with Crippen LogP contribution in [0.25, 0.3) is 6.08 Å². The summed E-state index contributed by atoms with van der Waals surface area (Å²) in [5.74, 6) is 2.12. The molecule has 3 rings (SSSR count). The van der Waals surface area contributed by atoms with Crippen LogP contribution in [0.4, 0.5) is 5.82 Å². The average Bonchev–Trinajstić information content (AvgIpc) is 3.12. The molecule has 0 aliphatic carbocycles. The third kappa shape index (κ3) is 6.12. The van der Waals surface area contributed by atoms with Crippen LogP contribution in [0, 0.1) is 13.8 Å². The van der Waals surface area contributed by atoms with Crippen molar-refractivity contribution in [3.05, 3.63) is 53.2 Å². The minimum atomic E-state index is 0.472. The molecule has 0 amide bonds. The van der Waals surface area contributed by atoms with E-state index >= 15 is 0 Å². The van der Waals surface area contributed by atoms with Crippen LogP contribution < -0.4 is 5.73 Å². The van der Waals surface area contributed by atoms with Gasteiger partial charge < -0.3 is 15.5 Å². The Morgan fingerprint density at radius 2 is 1.87 bits per heavy atom. The minimum absolute atomic E-state index is 0.472. The molecule has 8 heteroatoms. The maximum absolute atomic E-state index is 6.31. The van der Waals surface area contributed by atoms with E-state index in [1.807, 2.05) is 44.2 Å². The van der Waals surface area contributed by atoms with Crippen LogP contribution in [0.2, 0.25) is 0 Å². The first-order chi connectivity index (χ1) is 14.4. The maximum atomic E-state index is 6.31. The molecule has 1 saturated heterocycles. The van der Waals surface area contributed by atoms with Crippen molar-refractivity contribution in [1.82, 2.24) is 20.0 Å². The second kappa shape index (κ2) is 9.98. The summed E-state index contributed by atoms with van der Waals surface area (Å²) in [6.07, 6.45) is 3.88. The number of nitrogens with zero attached hydrogens (tertiary/aromatic N) is 6. The van der Waals surface area contributed by atoms with Gasteiger partial charge in [0.2, 0.25) is 0 Å². The van der Waals surface area contributed by atoms with Gasteiger partial charge in [0.05, 0.1) is 0 Å². The van der Waals surface area contributed by atoms with Crippen molar-refractivity contribution in [3.63, 3.8) is 0 Å². The molecule has 0 radical (unpaired) electrons. The molecular formula is C22H30N8. The van der Waals surface area contributed by atoms with Crippen LogP contribution in [0.5, 0.6) is 0 Å². The molecule has 0 bridgehead atoms. The van der Waals surface area contributed by atoms with Gasteiger partial charge in [-0.1, -0.05) is 30.3 Å². The smallest absolute Gasteiger partial charge is 0.198 e. The van der Waals surface area contributed by atoms with Gasteiger partial charge in [-0.25, -0.2) is 9.98 Å². The summed E-state index contributed by atoms with van der Waals surface area (Å²) < 4.78 is 0. The zero-order valence-corrected chi connectivity index (χ0v) is 18.1. The van der Waals surface area contributed by atoms with E-state index in [1.54, 1.807) is 0 Å². The SMILES string of the molecule is CC(=Nc1cc(C)[nH]n1)N=C(/C=C/c1ccccc1C)N=C(N)N1CCN(C)CC1. The molecule has 1 fully saturated rings. The number of benzene rings is 1.